The molecule has 94 valence electrons. The molecule has 0 aromatic heterocycles. The van der Waals surface area contributed by atoms with Crippen molar-refractivity contribution in [3.05, 3.63) is 53.6 Å². The van der Waals surface area contributed by atoms with Gasteiger partial charge in [0.2, 0.25) is 0 Å². The number of benzene rings is 2. The molecule has 0 spiro atoms. The minimum atomic E-state index is 0.00300. The minimum absolute atomic E-state index is 0.00300. The average molecular weight is 265 g/mol. The van der Waals surface area contributed by atoms with Gasteiger partial charge in [-0.3, -0.25) is 0 Å². The number of aliphatic hydroxyl groups is 1. The van der Waals surface area contributed by atoms with Crippen LogP contribution in [0.5, 0.6) is 17.2 Å². The van der Waals surface area contributed by atoms with Crippen molar-refractivity contribution >= 4 is 11.6 Å². The first-order valence-corrected chi connectivity index (χ1v) is 5.93. The Morgan fingerprint density at radius 2 is 1.33 bits per heavy atom. The monoisotopic (exact) mass is 264 g/mol. The van der Waals surface area contributed by atoms with E-state index >= 15 is 0 Å². The lowest BCUT2D eigenvalue weighted by atomic mass is 10.3. The SMILES string of the molecule is OCCOc1ccc(Oc2ccc(Cl)cc2)cc1. The van der Waals surface area contributed by atoms with Crippen molar-refractivity contribution in [3.8, 4) is 17.2 Å². The molecule has 0 saturated carbocycles. The molecule has 0 aliphatic rings. The Bertz CT molecular complexity index is 479. The van der Waals surface area contributed by atoms with E-state index in [9.17, 15) is 0 Å². The van der Waals surface area contributed by atoms with Gasteiger partial charge in [-0.15, -0.1) is 0 Å². The standard InChI is InChI=1S/C14H13ClO3/c15-11-1-3-13(4-2-11)18-14-7-5-12(6-8-14)17-10-9-16/h1-8,16H,9-10H2. The molecule has 0 fully saturated rings. The van der Waals surface area contributed by atoms with Gasteiger partial charge in [0, 0.05) is 5.02 Å². The molecule has 0 amide bonds. The Morgan fingerprint density at radius 3 is 1.89 bits per heavy atom. The summed E-state index contributed by atoms with van der Waals surface area (Å²) >= 11 is 5.79. The number of halogens is 1. The summed E-state index contributed by atoms with van der Waals surface area (Å²) in [5.41, 5.74) is 0. The maximum atomic E-state index is 8.64. The lowest BCUT2D eigenvalue weighted by Crippen LogP contribution is -2.01. The normalized spacial score (nSPS) is 10.1. The Hall–Kier alpha value is -1.71. The molecule has 0 saturated heterocycles. The quantitative estimate of drug-likeness (QED) is 0.898. The highest BCUT2D eigenvalue weighted by Gasteiger charge is 1.98. The van der Waals surface area contributed by atoms with Gasteiger partial charge in [-0.05, 0) is 48.5 Å². The van der Waals surface area contributed by atoms with Gasteiger partial charge < -0.3 is 14.6 Å². The van der Waals surface area contributed by atoms with Crippen molar-refractivity contribution in [2.24, 2.45) is 0 Å². The Labute approximate surface area is 111 Å². The van der Waals surface area contributed by atoms with E-state index < -0.39 is 0 Å². The van der Waals surface area contributed by atoms with E-state index in [1.54, 1.807) is 48.5 Å². The molecule has 3 nitrogen and oxygen atoms in total. The first kappa shape index (κ1) is 12.7. The second-order valence-corrected chi connectivity index (χ2v) is 4.04. The molecule has 18 heavy (non-hydrogen) atoms. The van der Waals surface area contributed by atoms with E-state index in [-0.39, 0.29) is 13.2 Å². The molecule has 0 atom stereocenters. The van der Waals surface area contributed by atoms with Crippen LogP contribution in [-0.4, -0.2) is 18.3 Å². The molecule has 0 radical (unpaired) electrons. The maximum Gasteiger partial charge on any atom is 0.127 e. The number of ether oxygens (including phenoxy) is 2. The molecular weight excluding hydrogens is 252 g/mol. The van der Waals surface area contributed by atoms with Crippen molar-refractivity contribution in [2.45, 2.75) is 0 Å². The molecule has 2 aromatic carbocycles. The summed E-state index contributed by atoms with van der Waals surface area (Å²) in [5.74, 6) is 2.14. The Balaban J connectivity index is 1.99. The van der Waals surface area contributed by atoms with E-state index in [2.05, 4.69) is 0 Å². The number of hydrogen-bond acceptors (Lipinski definition) is 3. The molecular formula is C14H13ClO3. The molecule has 0 aliphatic heterocycles. The highest BCUT2D eigenvalue weighted by Crippen LogP contribution is 2.24. The second-order valence-electron chi connectivity index (χ2n) is 3.60. The van der Waals surface area contributed by atoms with E-state index in [0.29, 0.717) is 16.5 Å². The molecule has 0 aliphatic carbocycles. The maximum absolute atomic E-state index is 8.64. The zero-order valence-electron chi connectivity index (χ0n) is 9.67. The third-order valence-corrected chi connectivity index (χ3v) is 2.49. The summed E-state index contributed by atoms with van der Waals surface area (Å²) in [6.07, 6.45) is 0. The molecule has 2 aromatic rings. The molecule has 1 N–H and O–H groups in total. The fraction of sp³-hybridized carbons (Fsp3) is 0.143. The summed E-state index contributed by atoms with van der Waals surface area (Å²) in [6, 6.07) is 14.4. The summed E-state index contributed by atoms with van der Waals surface area (Å²) in [7, 11) is 0. The van der Waals surface area contributed by atoms with Crippen LogP contribution in [0.1, 0.15) is 0 Å². The predicted octanol–water partition coefficient (Wildman–Crippen LogP) is 3.50. The zero-order valence-corrected chi connectivity index (χ0v) is 10.4. The van der Waals surface area contributed by atoms with Gasteiger partial charge in [-0.2, -0.15) is 0 Å². The molecule has 4 heteroatoms. The van der Waals surface area contributed by atoms with Crippen LogP contribution in [-0.2, 0) is 0 Å². The van der Waals surface area contributed by atoms with E-state index in [0.717, 1.165) is 5.75 Å². The molecule has 0 heterocycles. The topological polar surface area (TPSA) is 38.7 Å². The van der Waals surface area contributed by atoms with Crippen molar-refractivity contribution < 1.29 is 14.6 Å². The third kappa shape index (κ3) is 3.65. The third-order valence-electron chi connectivity index (χ3n) is 2.23. The van der Waals surface area contributed by atoms with Gasteiger partial charge in [0.25, 0.3) is 0 Å². The van der Waals surface area contributed by atoms with E-state index in [1.807, 2.05) is 0 Å². The van der Waals surface area contributed by atoms with Crippen LogP contribution in [0.4, 0.5) is 0 Å². The van der Waals surface area contributed by atoms with Crippen LogP contribution in [0.15, 0.2) is 48.5 Å². The second kappa shape index (κ2) is 6.28. The lowest BCUT2D eigenvalue weighted by Gasteiger charge is -2.07. The summed E-state index contributed by atoms with van der Waals surface area (Å²) in [6.45, 7) is 0.292. The highest BCUT2D eigenvalue weighted by atomic mass is 35.5. The number of hydrogen-bond donors (Lipinski definition) is 1. The lowest BCUT2D eigenvalue weighted by molar-refractivity contribution is 0.201. The van der Waals surface area contributed by atoms with Gasteiger partial charge in [0.05, 0.1) is 6.61 Å². The highest BCUT2D eigenvalue weighted by molar-refractivity contribution is 6.30. The average Bonchev–Trinajstić information content (AvgIpc) is 2.41. The molecule has 0 bridgehead atoms. The Kier molecular flexibility index (Phi) is 4.45. The summed E-state index contributed by atoms with van der Waals surface area (Å²) < 4.78 is 10.9. The number of aliphatic hydroxyl groups excluding tert-OH is 1. The minimum Gasteiger partial charge on any atom is -0.491 e. The fourth-order valence-electron chi connectivity index (χ4n) is 1.41. The van der Waals surface area contributed by atoms with Crippen LogP contribution < -0.4 is 9.47 Å². The first-order chi connectivity index (χ1) is 8.78. The molecule has 2 rings (SSSR count). The van der Waals surface area contributed by atoms with Crippen LogP contribution in [0.25, 0.3) is 0 Å². The van der Waals surface area contributed by atoms with Crippen LogP contribution in [0.3, 0.4) is 0 Å². The van der Waals surface area contributed by atoms with E-state index in [4.69, 9.17) is 26.2 Å². The van der Waals surface area contributed by atoms with Crippen LogP contribution >= 0.6 is 11.6 Å². The fourth-order valence-corrected chi connectivity index (χ4v) is 1.53. The van der Waals surface area contributed by atoms with Crippen molar-refractivity contribution in [1.82, 2.24) is 0 Å². The first-order valence-electron chi connectivity index (χ1n) is 5.55. The van der Waals surface area contributed by atoms with Gasteiger partial charge >= 0.3 is 0 Å². The van der Waals surface area contributed by atoms with Gasteiger partial charge in [-0.1, -0.05) is 11.6 Å². The van der Waals surface area contributed by atoms with Crippen molar-refractivity contribution in [3.63, 3.8) is 0 Å². The molecule has 0 unspecified atom stereocenters. The van der Waals surface area contributed by atoms with Gasteiger partial charge in [-0.25, -0.2) is 0 Å². The Morgan fingerprint density at radius 1 is 0.833 bits per heavy atom. The van der Waals surface area contributed by atoms with Crippen molar-refractivity contribution in [2.75, 3.05) is 13.2 Å². The smallest absolute Gasteiger partial charge is 0.127 e. The predicted molar refractivity (Wildman–Crippen MR) is 70.5 cm³/mol. The largest absolute Gasteiger partial charge is 0.491 e. The van der Waals surface area contributed by atoms with Crippen LogP contribution in [0, 0.1) is 0 Å². The van der Waals surface area contributed by atoms with Gasteiger partial charge in [0.1, 0.15) is 23.9 Å². The summed E-state index contributed by atoms with van der Waals surface area (Å²) in [5, 5.41) is 9.31. The van der Waals surface area contributed by atoms with E-state index in [1.165, 1.54) is 0 Å². The number of rotatable bonds is 5. The van der Waals surface area contributed by atoms with Crippen LogP contribution in [0.2, 0.25) is 5.02 Å². The summed E-state index contributed by atoms with van der Waals surface area (Å²) in [4.78, 5) is 0. The zero-order chi connectivity index (χ0) is 12.8. The van der Waals surface area contributed by atoms with Crippen molar-refractivity contribution in [1.29, 1.82) is 0 Å². The van der Waals surface area contributed by atoms with Gasteiger partial charge in [0.15, 0.2) is 0 Å².